The number of benzene rings is 1. The van der Waals surface area contributed by atoms with Crippen molar-refractivity contribution in [3.05, 3.63) is 30.1 Å². The molecule has 6 heteroatoms. The molecule has 0 unspecified atom stereocenters. The molecule has 1 aromatic heterocycles. The van der Waals surface area contributed by atoms with Gasteiger partial charge in [-0.3, -0.25) is 9.89 Å². The van der Waals surface area contributed by atoms with Crippen LogP contribution in [-0.4, -0.2) is 27.8 Å². The molecule has 0 radical (unpaired) electrons. The summed E-state index contributed by atoms with van der Waals surface area (Å²) in [6.07, 6.45) is 0.0865. The number of nitrogen functional groups attached to an aromatic ring is 1. The van der Waals surface area contributed by atoms with Gasteiger partial charge in [0.25, 0.3) is 0 Å². The number of hydrogen-bond acceptors (Lipinski definition) is 5. The van der Waals surface area contributed by atoms with Gasteiger partial charge in [-0.15, -0.1) is 0 Å². The molecule has 3 N–H and O–H groups in total. The summed E-state index contributed by atoms with van der Waals surface area (Å²) in [6.45, 7) is 2.12. The Bertz CT molecular complexity index is 551. The summed E-state index contributed by atoms with van der Waals surface area (Å²) in [7, 11) is 0. The maximum Gasteiger partial charge on any atom is 0.313 e. The number of nitrogens with zero attached hydrogens (tertiary/aromatic N) is 2. The average Bonchev–Trinajstić information content (AvgIpc) is 2.78. The van der Waals surface area contributed by atoms with Crippen molar-refractivity contribution >= 4 is 11.7 Å². The monoisotopic (exact) mass is 246 g/mol. The highest BCUT2D eigenvalue weighted by molar-refractivity contribution is 5.71. The number of nitrogens with one attached hydrogen (secondary N) is 1. The van der Waals surface area contributed by atoms with Gasteiger partial charge in [0.2, 0.25) is 0 Å². The number of aromatic amines is 1. The second-order valence-corrected chi connectivity index (χ2v) is 3.71. The van der Waals surface area contributed by atoms with Crippen LogP contribution in [0.3, 0.4) is 0 Å². The van der Waals surface area contributed by atoms with Crippen LogP contribution in [0.2, 0.25) is 0 Å². The fraction of sp³-hybridized carbons (Fsp3) is 0.250. The van der Waals surface area contributed by atoms with E-state index in [4.69, 9.17) is 10.5 Å². The molecule has 2 aromatic rings. The van der Waals surface area contributed by atoms with Gasteiger partial charge in [0, 0.05) is 11.3 Å². The molecule has 1 aromatic carbocycles. The minimum Gasteiger partial charge on any atom is -0.466 e. The van der Waals surface area contributed by atoms with Crippen LogP contribution < -0.4 is 5.73 Å². The fourth-order valence-electron chi connectivity index (χ4n) is 1.53. The number of aromatic nitrogens is 3. The number of rotatable bonds is 4. The summed E-state index contributed by atoms with van der Waals surface area (Å²) in [5.74, 6) is 0.667. The van der Waals surface area contributed by atoms with E-state index in [1.54, 1.807) is 19.1 Å². The molecule has 0 fully saturated rings. The van der Waals surface area contributed by atoms with Crippen molar-refractivity contribution in [2.45, 2.75) is 13.3 Å². The van der Waals surface area contributed by atoms with Crippen molar-refractivity contribution in [3.63, 3.8) is 0 Å². The molecule has 0 bridgehead atoms. The van der Waals surface area contributed by atoms with Crippen molar-refractivity contribution in [1.82, 2.24) is 15.2 Å². The molecule has 0 saturated carbocycles. The minimum atomic E-state index is -0.326. The second-order valence-electron chi connectivity index (χ2n) is 3.71. The highest BCUT2D eigenvalue weighted by atomic mass is 16.5. The number of anilines is 1. The van der Waals surface area contributed by atoms with Gasteiger partial charge >= 0.3 is 5.97 Å². The first-order valence-electron chi connectivity index (χ1n) is 5.62. The van der Waals surface area contributed by atoms with E-state index >= 15 is 0 Å². The van der Waals surface area contributed by atoms with Gasteiger partial charge in [0.1, 0.15) is 12.2 Å². The maximum absolute atomic E-state index is 11.3. The Morgan fingerprint density at radius 3 is 3.06 bits per heavy atom. The lowest BCUT2D eigenvalue weighted by Crippen LogP contribution is -2.08. The molecule has 0 aliphatic rings. The Morgan fingerprint density at radius 1 is 1.50 bits per heavy atom. The number of nitrogens with two attached hydrogens (primary N) is 1. The number of esters is 1. The molecule has 0 aliphatic heterocycles. The Kier molecular flexibility index (Phi) is 3.57. The highest BCUT2D eigenvalue weighted by Gasteiger charge is 2.10. The Morgan fingerprint density at radius 2 is 2.33 bits per heavy atom. The third-order valence-electron chi connectivity index (χ3n) is 2.29. The number of hydrogen-bond donors (Lipinski definition) is 2. The van der Waals surface area contributed by atoms with E-state index < -0.39 is 0 Å². The van der Waals surface area contributed by atoms with Crippen LogP contribution in [0.5, 0.6) is 0 Å². The minimum absolute atomic E-state index is 0.0865. The lowest BCUT2D eigenvalue weighted by atomic mass is 10.2. The van der Waals surface area contributed by atoms with Gasteiger partial charge in [0.15, 0.2) is 5.82 Å². The van der Waals surface area contributed by atoms with Gasteiger partial charge in [-0.25, -0.2) is 4.98 Å². The molecule has 0 saturated heterocycles. The molecule has 0 aliphatic carbocycles. The van der Waals surface area contributed by atoms with E-state index in [1.165, 1.54) is 0 Å². The van der Waals surface area contributed by atoms with E-state index in [9.17, 15) is 4.79 Å². The van der Waals surface area contributed by atoms with Crippen molar-refractivity contribution < 1.29 is 9.53 Å². The van der Waals surface area contributed by atoms with E-state index in [0.717, 1.165) is 5.56 Å². The largest absolute Gasteiger partial charge is 0.466 e. The van der Waals surface area contributed by atoms with Gasteiger partial charge < -0.3 is 10.5 Å². The predicted molar refractivity (Wildman–Crippen MR) is 66.6 cm³/mol. The topological polar surface area (TPSA) is 93.9 Å². The van der Waals surface area contributed by atoms with Crippen LogP contribution >= 0.6 is 0 Å². The third kappa shape index (κ3) is 2.85. The average molecular weight is 246 g/mol. The molecule has 2 rings (SSSR count). The fourth-order valence-corrected chi connectivity index (χ4v) is 1.53. The van der Waals surface area contributed by atoms with Crippen LogP contribution in [0, 0.1) is 0 Å². The summed E-state index contributed by atoms with van der Waals surface area (Å²) in [5.41, 5.74) is 7.13. The molecule has 94 valence electrons. The summed E-state index contributed by atoms with van der Waals surface area (Å²) >= 11 is 0. The maximum atomic E-state index is 11.3. The summed E-state index contributed by atoms with van der Waals surface area (Å²) in [5, 5.41) is 6.75. The Balaban J connectivity index is 2.13. The molecule has 1 heterocycles. The Labute approximate surface area is 104 Å². The smallest absolute Gasteiger partial charge is 0.313 e. The molecule has 0 atom stereocenters. The zero-order valence-electron chi connectivity index (χ0n) is 10.0. The number of H-pyrrole nitrogens is 1. The normalized spacial score (nSPS) is 10.3. The zero-order valence-corrected chi connectivity index (χ0v) is 10.0. The zero-order chi connectivity index (χ0) is 13.0. The van der Waals surface area contributed by atoms with Gasteiger partial charge in [-0.2, -0.15) is 5.10 Å². The van der Waals surface area contributed by atoms with Crippen LogP contribution in [0.25, 0.3) is 11.4 Å². The first kappa shape index (κ1) is 12.1. The number of carbonyl (C=O) groups is 1. The van der Waals surface area contributed by atoms with Crippen molar-refractivity contribution in [1.29, 1.82) is 0 Å². The molecule has 0 spiro atoms. The summed E-state index contributed by atoms with van der Waals surface area (Å²) in [6, 6.07) is 7.24. The highest BCUT2D eigenvalue weighted by Crippen LogP contribution is 2.17. The van der Waals surface area contributed by atoms with Gasteiger partial charge in [-0.1, -0.05) is 12.1 Å². The molecular weight excluding hydrogens is 232 g/mol. The van der Waals surface area contributed by atoms with Crippen molar-refractivity contribution in [2.75, 3.05) is 12.3 Å². The molecule has 18 heavy (non-hydrogen) atoms. The first-order chi connectivity index (χ1) is 8.69. The number of ether oxygens (including phenoxy) is 1. The number of carbonyl (C=O) groups excluding carboxylic acids is 1. The molecular formula is C12H14N4O2. The summed E-state index contributed by atoms with van der Waals surface area (Å²) < 4.78 is 4.83. The van der Waals surface area contributed by atoms with E-state index in [0.29, 0.717) is 23.9 Å². The van der Waals surface area contributed by atoms with E-state index in [1.807, 2.05) is 12.1 Å². The summed E-state index contributed by atoms with van der Waals surface area (Å²) in [4.78, 5) is 15.5. The van der Waals surface area contributed by atoms with Gasteiger partial charge in [-0.05, 0) is 19.1 Å². The van der Waals surface area contributed by atoms with E-state index in [2.05, 4.69) is 15.2 Å². The molecule has 6 nitrogen and oxygen atoms in total. The SMILES string of the molecule is CCOC(=O)Cc1nc(-c2cccc(N)c2)n[nH]1. The van der Waals surface area contributed by atoms with E-state index in [-0.39, 0.29) is 12.4 Å². The van der Waals surface area contributed by atoms with Crippen LogP contribution in [0.15, 0.2) is 24.3 Å². The van der Waals surface area contributed by atoms with Crippen molar-refractivity contribution in [2.24, 2.45) is 0 Å². The quantitative estimate of drug-likeness (QED) is 0.623. The lowest BCUT2D eigenvalue weighted by molar-refractivity contribution is -0.142. The standard InChI is InChI=1S/C12H14N4O2/c1-2-18-11(17)7-10-14-12(16-15-10)8-4-3-5-9(13)6-8/h3-6H,2,7,13H2,1H3,(H,14,15,16). The third-order valence-corrected chi connectivity index (χ3v) is 2.29. The molecule has 0 amide bonds. The van der Waals surface area contributed by atoms with Crippen molar-refractivity contribution in [3.8, 4) is 11.4 Å². The lowest BCUT2D eigenvalue weighted by Gasteiger charge is -1.98. The second kappa shape index (κ2) is 5.31. The van der Waals surface area contributed by atoms with Crippen LogP contribution in [0.1, 0.15) is 12.7 Å². The van der Waals surface area contributed by atoms with Crippen LogP contribution in [0.4, 0.5) is 5.69 Å². The predicted octanol–water partition coefficient (Wildman–Crippen LogP) is 1.16. The first-order valence-corrected chi connectivity index (χ1v) is 5.62. The Hall–Kier alpha value is -2.37. The van der Waals surface area contributed by atoms with Gasteiger partial charge in [0.05, 0.1) is 6.61 Å². The van der Waals surface area contributed by atoms with Crippen LogP contribution in [-0.2, 0) is 16.0 Å².